The second-order valence-electron chi connectivity index (χ2n) is 6.25. The Bertz CT molecular complexity index is 451. The van der Waals surface area contributed by atoms with E-state index in [1.807, 2.05) is 0 Å². The standard InChI is InChI=1S/C16H25N3/c1-12-10-15(18(2)3)6-7-16(12)17-13-8-9-19(11-13)14-4-5-14/h6-7,10,13-14,17H,4-5,8-9,11H2,1-3H3. The number of anilines is 2. The number of nitrogens with one attached hydrogen (secondary N) is 1. The fourth-order valence-corrected chi connectivity index (χ4v) is 2.98. The van der Waals surface area contributed by atoms with Gasteiger partial charge in [-0.1, -0.05) is 0 Å². The molecule has 1 heterocycles. The molecule has 2 aliphatic rings. The van der Waals surface area contributed by atoms with E-state index in [9.17, 15) is 0 Å². The molecule has 19 heavy (non-hydrogen) atoms. The van der Waals surface area contributed by atoms with Crippen molar-refractivity contribution in [2.45, 2.75) is 38.3 Å². The summed E-state index contributed by atoms with van der Waals surface area (Å²) in [5.41, 5.74) is 3.92. The third kappa shape index (κ3) is 2.86. The van der Waals surface area contributed by atoms with Crippen molar-refractivity contribution in [3.63, 3.8) is 0 Å². The van der Waals surface area contributed by atoms with Crippen LogP contribution in [-0.2, 0) is 0 Å². The summed E-state index contributed by atoms with van der Waals surface area (Å²) >= 11 is 0. The Labute approximate surface area is 116 Å². The number of hydrogen-bond donors (Lipinski definition) is 1. The van der Waals surface area contributed by atoms with Crippen LogP contribution in [0.15, 0.2) is 18.2 Å². The van der Waals surface area contributed by atoms with E-state index < -0.39 is 0 Å². The molecule has 1 aromatic carbocycles. The van der Waals surface area contributed by atoms with E-state index in [2.05, 4.69) is 54.3 Å². The van der Waals surface area contributed by atoms with E-state index in [0.717, 1.165) is 6.04 Å². The lowest BCUT2D eigenvalue weighted by Crippen LogP contribution is -2.27. The summed E-state index contributed by atoms with van der Waals surface area (Å²) in [5.74, 6) is 0. The summed E-state index contributed by atoms with van der Waals surface area (Å²) in [6.07, 6.45) is 4.12. The zero-order valence-corrected chi connectivity index (χ0v) is 12.3. The molecule has 3 heteroatoms. The first kappa shape index (κ1) is 12.8. The van der Waals surface area contributed by atoms with Crippen molar-refractivity contribution in [3.8, 4) is 0 Å². The lowest BCUT2D eigenvalue weighted by atomic mass is 10.1. The zero-order valence-electron chi connectivity index (χ0n) is 12.3. The molecule has 1 aromatic rings. The van der Waals surface area contributed by atoms with Crippen LogP contribution in [0.3, 0.4) is 0 Å². The molecule has 1 saturated heterocycles. The molecule has 3 rings (SSSR count). The van der Waals surface area contributed by atoms with Crippen LogP contribution >= 0.6 is 0 Å². The average Bonchev–Trinajstić information content (AvgIpc) is 3.12. The van der Waals surface area contributed by atoms with Crippen LogP contribution in [0.4, 0.5) is 11.4 Å². The van der Waals surface area contributed by atoms with Crippen molar-refractivity contribution < 1.29 is 0 Å². The number of likely N-dealkylation sites (tertiary alicyclic amines) is 1. The van der Waals surface area contributed by atoms with Crippen LogP contribution < -0.4 is 10.2 Å². The van der Waals surface area contributed by atoms with Crippen LogP contribution in [0, 0.1) is 6.92 Å². The molecular formula is C16H25N3. The highest BCUT2D eigenvalue weighted by Crippen LogP contribution is 2.31. The minimum Gasteiger partial charge on any atom is -0.381 e. The molecule has 1 N–H and O–H groups in total. The maximum atomic E-state index is 3.73. The average molecular weight is 259 g/mol. The van der Waals surface area contributed by atoms with Gasteiger partial charge in [0.05, 0.1) is 0 Å². The summed E-state index contributed by atoms with van der Waals surface area (Å²) in [4.78, 5) is 4.81. The predicted octanol–water partition coefficient (Wildman–Crippen LogP) is 2.71. The van der Waals surface area contributed by atoms with Gasteiger partial charge in [-0.15, -0.1) is 0 Å². The first-order chi connectivity index (χ1) is 9.13. The fourth-order valence-electron chi connectivity index (χ4n) is 2.98. The highest BCUT2D eigenvalue weighted by atomic mass is 15.2. The van der Waals surface area contributed by atoms with E-state index in [-0.39, 0.29) is 0 Å². The molecular weight excluding hydrogens is 234 g/mol. The van der Waals surface area contributed by atoms with E-state index in [1.54, 1.807) is 0 Å². The Kier molecular flexibility index (Phi) is 3.40. The summed E-state index contributed by atoms with van der Waals surface area (Å²) in [5, 5.41) is 3.73. The minimum absolute atomic E-state index is 0.629. The molecule has 0 radical (unpaired) electrons. The highest BCUT2D eigenvalue weighted by molar-refractivity contribution is 5.60. The largest absolute Gasteiger partial charge is 0.381 e. The van der Waals surface area contributed by atoms with Crippen LogP contribution in [0.2, 0.25) is 0 Å². The third-order valence-corrected chi connectivity index (χ3v) is 4.37. The third-order valence-electron chi connectivity index (χ3n) is 4.37. The number of benzene rings is 1. The summed E-state index contributed by atoms with van der Waals surface area (Å²) in [6.45, 7) is 4.69. The number of hydrogen-bond acceptors (Lipinski definition) is 3. The molecule has 1 atom stereocenters. The molecule has 1 aliphatic heterocycles. The normalized spacial score (nSPS) is 23.6. The van der Waals surface area contributed by atoms with Crippen LogP contribution in [-0.4, -0.2) is 44.2 Å². The van der Waals surface area contributed by atoms with E-state index in [4.69, 9.17) is 0 Å². The Morgan fingerprint density at radius 3 is 2.63 bits per heavy atom. The van der Waals surface area contributed by atoms with E-state index in [0.29, 0.717) is 6.04 Å². The molecule has 0 aromatic heterocycles. The van der Waals surface area contributed by atoms with Gasteiger partial charge in [-0.25, -0.2) is 0 Å². The lowest BCUT2D eigenvalue weighted by molar-refractivity contribution is 0.326. The molecule has 2 fully saturated rings. The van der Waals surface area contributed by atoms with Gasteiger partial charge in [0.15, 0.2) is 0 Å². The molecule has 0 spiro atoms. The van der Waals surface area contributed by atoms with Crippen molar-refractivity contribution in [2.75, 3.05) is 37.4 Å². The first-order valence-corrected chi connectivity index (χ1v) is 7.42. The van der Waals surface area contributed by atoms with E-state index >= 15 is 0 Å². The van der Waals surface area contributed by atoms with Gasteiger partial charge in [0.2, 0.25) is 0 Å². The van der Waals surface area contributed by atoms with E-state index in [1.165, 1.54) is 49.3 Å². The Morgan fingerprint density at radius 2 is 2.00 bits per heavy atom. The van der Waals surface area contributed by atoms with Gasteiger partial charge in [0.1, 0.15) is 0 Å². The van der Waals surface area contributed by atoms with Gasteiger partial charge >= 0.3 is 0 Å². The van der Waals surface area contributed by atoms with Crippen molar-refractivity contribution in [1.29, 1.82) is 0 Å². The fraction of sp³-hybridized carbons (Fsp3) is 0.625. The summed E-state index contributed by atoms with van der Waals surface area (Å²) in [7, 11) is 4.18. The zero-order chi connectivity index (χ0) is 13.4. The van der Waals surface area contributed by atoms with Crippen molar-refractivity contribution in [2.24, 2.45) is 0 Å². The predicted molar refractivity (Wildman–Crippen MR) is 82.1 cm³/mol. The molecule has 104 valence electrons. The monoisotopic (exact) mass is 259 g/mol. The van der Waals surface area contributed by atoms with Gasteiger partial charge in [-0.3, -0.25) is 4.90 Å². The molecule has 1 saturated carbocycles. The topological polar surface area (TPSA) is 18.5 Å². The minimum atomic E-state index is 0.629. The van der Waals surface area contributed by atoms with Gasteiger partial charge in [-0.05, 0) is 49.9 Å². The lowest BCUT2D eigenvalue weighted by Gasteiger charge is -2.20. The van der Waals surface area contributed by atoms with Crippen molar-refractivity contribution in [1.82, 2.24) is 4.90 Å². The second kappa shape index (κ2) is 5.04. The smallest absolute Gasteiger partial charge is 0.0400 e. The molecule has 0 amide bonds. The van der Waals surface area contributed by atoms with Gasteiger partial charge < -0.3 is 10.2 Å². The number of aryl methyl sites for hydroxylation is 1. The molecule has 1 unspecified atom stereocenters. The van der Waals surface area contributed by atoms with Crippen LogP contribution in [0.5, 0.6) is 0 Å². The SMILES string of the molecule is Cc1cc(N(C)C)ccc1NC1CCN(C2CC2)C1. The quantitative estimate of drug-likeness (QED) is 0.897. The van der Waals surface area contributed by atoms with Crippen LogP contribution in [0.25, 0.3) is 0 Å². The number of rotatable bonds is 4. The van der Waals surface area contributed by atoms with Crippen molar-refractivity contribution >= 4 is 11.4 Å². The Hall–Kier alpha value is -1.22. The molecule has 3 nitrogen and oxygen atoms in total. The maximum Gasteiger partial charge on any atom is 0.0400 e. The summed E-state index contributed by atoms with van der Waals surface area (Å²) < 4.78 is 0. The molecule has 1 aliphatic carbocycles. The molecule has 0 bridgehead atoms. The second-order valence-corrected chi connectivity index (χ2v) is 6.25. The van der Waals surface area contributed by atoms with Gasteiger partial charge in [0, 0.05) is 50.6 Å². The van der Waals surface area contributed by atoms with Gasteiger partial charge in [-0.2, -0.15) is 0 Å². The first-order valence-electron chi connectivity index (χ1n) is 7.42. The van der Waals surface area contributed by atoms with Gasteiger partial charge in [0.25, 0.3) is 0 Å². The Balaban J connectivity index is 1.63. The van der Waals surface area contributed by atoms with Crippen LogP contribution in [0.1, 0.15) is 24.8 Å². The highest BCUT2D eigenvalue weighted by Gasteiger charge is 2.34. The maximum absolute atomic E-state index is 3.73. The number of nitrogens with zero attached hydrogens (tertiary/aromatic N) is 2. The summed E-state index contributed by atoms with van der Waals surface area (Å²) in [6, 6.07) is 8.22. The van der Waals surface area contributed by atoms with Crippen molar-refractivity contribution in [3.05, 3.63) is 23.8 Å². The Morgan fingerprint density at radius 1 is 1.21 bits per heavy atom.